The van der Waals surface area contributed by atoms with Gasteiger partial charge in [-0.1, -0.05) is 30.4 Å². The van der Waals surface area contributed by atoms with E-state index in [9.17, 15) is 4.79 Å². The number of benzene rings is 1. The summed E-state index contributed by atoms with van der Waals surface area (Å²) in [5.74, 6) is 0.782. The Bertz CT molecular complexity index is 924. The SMILES string of the molecule is C/C=C/C=C/C(=O)Nc1nc2scc(-c3cccc(OC)c3)n2n1. The minimum absolute atomic E-state index is 0.269. The standard InChI is InChI=1S/C17H16N4O2S/c1-3-4-5-9-15(22)18-16-19-17-21(20-16)14(11-24-17)12-7-6-8-13(10-12)23-2/h3-11H,1-2H3,(H,18,20,22)/b4-3+,9-5+. The van der Waals surface area contributed by atoms with E-state index >= 15 is 0 Å². The first-order chi connectivity index (χ1) is 11.7. The third-order valence-corrected chi connectivity index (χ3v) is 4.05. The first-order valence-corrected chi connectivity index (χ1v) is 8.18. The van der Waals surface area contributed by atoms with Gasteiger partial charge in [-0.2, -0.15) is 4.98 Å². The minimum atomic E-state index is -0.269. The highest BCUT2D eigenvalue weighted by Crippen LogP contribution is 2.28. The van der Waals surface area contributed by atoms with E-state index in [0.29, 0.717) is 4.96 Å². The van der Waals surface area contributed by atoms with Crippen LogP contribution in [0.3, 0.4) is 0 Å². The lowest BCUT2D eigenvalue weighted by atomic mass is 10.2. The van der Waals surface area contributed by atoms with Crippen molar-refractivity contribution in [2.45, 2.75) is 6.92 Å². The number of fused-ring (bicyclic) bond motifs is 1. The summed E-state index contributed by atoms with van der Waals surface area (Å²) in [6, 6.07) is 7.71. The predicted molar refractivity (Wildman–Crippen MR) is 95.4 cm³/mol. The van der Waals surface area contributed by atoms with Crippen molar-refractivity contribution in [1.82, 2.24) is 14.6 Å². The number of allylic oxidation sites excluding steroid dienone is 3. The molecular weight excluding hydrogens is 324 g/mol. The Balaban J connectivity index is 1.87. The molecule has 1 amide bonds. The molecule has 0 aliphatic heterocycles. The maximum Gasteiger partial charge on any atom is 0.250 e. The van der Waals surface area contributed by atoms with E-state index < -0.39 is 0 Å². The van der Waals surface area contributed by atoms with Gasteiger partial charge in [-0.15, -0.1) is 16.4 Å². The molecule has 0 fully saturated rings. The Kier molecular flexibility index (Phi) is 4.72. The topological polar surface area (TPSA) is 68.5 Å². The third kappa shape index (κ3) is 3.36. The number of amides is 1. The van der Waals surface area contributed by atoms with Gasteiger partial charge in [-0.05, 0) is 19.1 Å². The Hall–Kier alpha value is -2.93. The number of rotatable bonds is 5. The molecule has 7 heteroatoms. The Morgan fingerprint density at radius 2 is 2.25 bits per heavy atom. The predicted octanol–water partition coefficient (Wildman–Crippen LogP) is 3.54. The lowest BCUT2D eigenvalue weighted by molar-refractivity contribution is -0.111. The summed E-state index contributed by atoms with van der Waals surface area (Å²) in [4.78, 5) is 16.8. The summed E-state index contributed by atoms with van der Waals surface area (Å²) in [6.45, 7) is 1.88. The van der Waals surface area contributed by atoms with Crippen molar-refractivity contribution in [3.63, 3.8) is 0 Å². The van der Waals surface area contributed by atoms with Gasteiger partial charge in [-0.3, -0.25) is 10.1 Å². The first kappa shape index (κ1) is 15.9. The number of hydrogen-bond acceptors (Lipinski definition) is 5. The largest absolute Gasteiger partial charge is 0.497 e. The molecule has 0 bridgehead atoms. The van der Waals surface area contributed by atoms with Crippen molar-refractivity contribution in [1.29, 1.82) is 0 Å². The van der Waals surface area contributed by atoms with Gasteiger partial charge in [0.1, 0.15) is 5.75 Å². The second-order valence-corrected chi connectivity index (χ2v) is 5.69. The second-order valence-electron chi connectivity index (χ2n) is 4.86. The van der Waals surface area contributed by atoms with Crippen LogP contribution < -0.4 is 10.1 Å². The number of aromatic nitrogens is 3. The van der Waals surface area contributed by atoms with Crippen LogP contribution in [0.15, 0.2) is 53.9 Å². The van der Waals surface area contributed by atoms with Crippen molar-refractivity contribution in [3.05, 3.63) is 53.9 Å². The maximum absolute atomic E-state index is 11.8. The smallest absolute Gasteiger partial charge is 0.250 e. The van der Waals surface area contributed by atoms with E-state index in [1.54, 1.807) is 23.8 Å². The molecule has 24 heavy (non-hydrogen) atoms. The monoisotopic (exact) mass is 340 g/mol. The maximum atomic E-state index is 11.8. The van der Waals surface area contributed by atoms with Crippen molar-refractivity contribution < 1.29 is 9.53 Å². The number of anilines is 1. The molecule has 2 aromatic heterocycles. The molecular formula is C17H16N4O2S. The van der Waals surface area contributed by atoms with E-state index in [1.807, 2.05) is 42.6 Å². The quantitative estimate of drug-likeness (QED) is 0.570. The van der Waals surface area contributed by atoms with Crippen molar-refractivity contribution in [2.75, 3.05) is 12.4 Å². The molecule has 0 unspecified atom stereocenters. The zero-order chi connectivity index (χ0) is 16.9. The molecule has 0 saturated carbocycles. The molecule has 0 aliphatic rings. The average Bonchev–Trinajstić information content (AvgIpc) is 3.15. The molecule has 122 valence electrons. The van der Waals surface area contributed by atoms with Gasteiger partial charge >= 0.3 is 0 Å². The highest BCUT2D eigenvalue weighted by molar-refractivity contribution is 7.15. The molecule has 1 aromatic carbocycles. The fraction of sp³-hybridized carbons (Fsp3) is 0.118. The van der Waals surface area contributed by atoms with E-state index in [-0.39, 0.29) is 11.9 Å². The first-order valence-electron chi connectivity index (χ1n) is 7.30. The average molecular weight is 340 g/mol. The summed E-state index contributed by atoms with van der Waals surface area (Å²) in [7, 11) is 1.63. The van der Waals surface area contributed by atoms with Crippen LogP contribution in [0.25, 0.3) is 16.2 Å². The summed E-state index contributed by atoms with van der Waals surface area (Å²) >= 11 is 1.46. The van der Waals surface area contributed by atoms with E-state index in [0.717, 1.165) is 17.0 Å². The van der Waals surface area contributed by atoms with Crippen LogP contribution in [-0.4, -0.2) is 27.6 Å². The van der Waals surface area contributed by atoms with Gasteiger partial charge in [-0.25, -0.2) is 4.52 Å². The molecule has 6 nitrogen and oxygen atoms in total. The van der Waals surface area contributed by atoms with Crippen LogP contribution in [0.4, 0.5) is 5.95 Å². The molecule has 0 saturated heterocycles. The number of nitrogens with zero attached hydrogens (tertiary/aromatic N) is 3. The van der Waals surface area contributed by atoms with Gasteiger partial charge in [0.2, 0.25) is 4.96 Å². The summed E-state index contributed by atoms with van der Waals surface area (Å²) in [5.41, 5.74) is 1.86. The van der Waals surface area contributed by atoms with Gasteiger partial charge < -0.3 is 4.74 Å². The van der Waals surface area contributed by atoms with E-state index in [2.05, 4.69) is 15.4 Å². The fourth-order valence-electron chi connectivity index (χ4n) is 2.12. The van der Waals surface area contributed by atoms with Gasteiger partial charge in [0, 0.05) is 17.0 Å². The Morgan fingerprint density at radius 3 is 3.04 bits per heavy atom. The van der Waals surface area contributed by atoms with Gasteiger partial charge in [0.05, 0.1) is 12.8 Å². The minimum Gasteiger partial charge on any atom is -0.497 e. The normalized spacial score (nSPS) is 11.6. The van der Waals surface area contributed by atoms with Crippen LogP contribution in [0.1, 0.15) is 6.92 Å². The molecule has 0 atom stereocenters. The lowest BCUT2D eigenvalue weighted by Gasteiger charge is -2.02. The van der Waals surface area contributed by atoms with Crippen LogP contribution >= 0.6 is 11.3 Å². The van der Waals surface area contributed by atoms with Crippen LogP contribution in [0.5, 0.6) is 5.75 Å². The summed E-state index contributed by atoms with van der Waals surface area (Å²) in [6.07, 6.45) is 6.71. The zero-order valence-electron chi connectivity index (χ0n) is 13.3. The zero-order valence-corrected chi connectivity index (χ0v) is 14.1. The van der Waals surface area contributed by atoms with Gasteiger partial charge in [0.15, 0.2) is 0 Å². The van der Waals surface area contributed by atoms with Crippen LogP contribution in [0, 0.1) is 0 Å². The molecule has 2 heterocycles. The third-order valence-electron chi connectivity index (χ3n) is 3.23. The number of nitrogens with one attached hydrogen (secondary N) is 1. The fourth-order valence-corrected chi connectivity index (χ4v) is 2.95. The van der Waals surface area contributed by atoms with Crippen molar-refractivity contribution in [2.24, 2.45) is 0 Å². The highest BCUT2D eigenvalue weighted by Gasteiger charge is 2.13. The molecule has 0 aliphatic carbocycles. The molecule has 0 spiro atoms. The van der Waals surface area contributed by atoms with Crippen molar-refractivity contribution in [3.8, 4) is 17.0 Å². The molecule has 1 N–H and O–H groups in total. The Morgan fingerprint density at radius 1 is 1.38 bits per heavy atom. The summed E-state index contributed by atoms with van der Waals surface area (Å²) < 4.78 is 6.97. The molecule has 0 radical (unpaired) electrons. The van der Waals surface area contributed by atoms with Crippen LogP contribution in [0.2, 0.25) is 0 Å². The molecule has 3 rings (SSSR count). The molecule has 3 aromatic rings. The van der Waals surface area contributed by atoms with E-state index in [1.165, 1.54) is 17.4 Å². The van der Waals surface area contributed by atoms with E-state index in [4.69, 9.17) is 4.74 Å². The lowest BCUT2D eigenvalue weighted by Crippen LogP contribution is -2.09. The second kappa shape index (κ2) is 7.10. The Labute approximate surface area is 143 Å². The van der Waals surface area contributed by atoms with Gasteiger partial charge in [0.25, 0.3) is 11.9 Å². The van der Waals surface area contributed by atoms with Crippen molar-refractivity contribution >= 4 is 28.2 Å². The number of carbonyl (C=O) groups excluding carboxylic acids is 1. The van der Waals surface area contributed by atoms with Crippen LogP contribution in [-0.2, 0) is 4.79 Å². The number of carbonyl (C=O) groups is 1. The number of thiazole rings is 1. The number of methoxy groups -OCH3 is 1. The number of hydrogen-bond donors (Lipinski definition) is 1. The summed E-state index contributed by atoms with van der Waals surface area (Å²) in [5, 5.41) is 8.99. The number of ether oxygens (including phenoxy) is 1. The highest BCUT2D eigenvalue weighted by atomic mass is 32.1.